The lowest BCUT2D eigenvalue weighted by atomic mass is 10.0. The fourth-order valence-corrected chi connectivity index (χ4v) is 3.17. The molecule has 5 nitrogen and oxygen atoms in total. The second-order valence-corrected chi connectivity index (χ2v) is 7.23. The van der Waals surface area contributed by atoms with E-state index in [0.717, 1.165) is 16.7 Å². The SMILES string of the molecule is C[C@H](NC(=O)COC(=O)CCC(=O)c1ccc(-c2ccccc2)cc1)c1ccccc1. The lowest BCUT2D eigenvalue weighted by Gasteiger charge is -2.14. The Morgan fingerprint density at radius 1 is 0.774 bits per heavy atom. The van der Waals surface area contributed by atoms with Gasteiger partial charge in [-0.25, -0.2) is 0 Å². The number of esters is 1. The average Bonchev–Trinajstić information content (AvgIpc) is 2.82. The zero-order chi connectivity index (χ0) is 22.1. The highest BCUT2D eigenvalue weighted by Gasteiger charge is 2.14. The number of hydrogen-bond acceptors (Lipinski definition) is 4. The Bertz CT molecular complexity index is 1010. The number of benzene rings is 3. The summed E-state index contributed by atoms with van der Waals surface area (Å²) in [6, 6.07) is 26.5. The van der Waals surface area contributed by atoms with Crippen molar-refractivity contribution < 1.29 is 19.1 Å². The lowest BCUT2D eigenvalue weighted by Crippen LogP contribution is -2.31. The number of carbonyl (C=O) groups is 3. The molecule has 0 unspecified atom stereocenters. The number of carbonyl (C=O) groups excluding carboxylic acids is 3. The third kappa shape index (κ3) is 6.64. The standard InChI is InChI=1S/C26H25NO4/c1-19(20-8-4-2-5-9-20)27-25(29)18-31-26(30)17-16-24(28)23-14-12-22(13-15-23)21-10-6-3-7-11-21/h2-15,19H,16-18H2,1H3,(H,27,29)/t19-/m0/s1. The number of amides is 1. The average molecular weight is 415 g/mol. The first-order chi connectivity index (χ1) is 15.0. The van der Waals surface area contributed by atoms with Crippen LogP contribution >= 0.6 is 0 Å². The molecule has 5 heteroatoms. The van der Waals surface area contributed by atoms with E-state index < -0.39 is 5.97 Å². The van der Waals surface area contributed by atoms with Crippen LogP contribution in [0.3, 0.4) is 0 Å². The molecule has 3 rings (SSSR count). The van der Waals surface area contributed by atoms with Gasteiger partial charge in [0.2, 0.25) is 0 Å². The van der Waals surface area contributed by atoms with Gasteiger partial charge in [-0.15, -0.1) is 0 Å². The van der Waals surface area contributed by atoms with Crippen LogP contribution in [0.25, 0.3) is 11.1 Å². The van der Waals surface area contributed by atoms with Gasteiger partial charge in [0.05, 0.1) is 12.5 Å². The summed E-state index contributed by atoms with van der Waals surface area (Å²) < 4.78 is 5.00. The van der Waals surface area contributed by atoms with Gasteiger partial charge in [-0.3, -0.25) is 14.4 Å². The topological polar surface area (TPSA) is 72.5 Å². The molecule has 0 fully saturated rings. The van der Waals surface area contributed by atoms with Gasteiger partial charge in [-0.05, 0) is 23.6 Å². The summed E-state index contributed by atoms with van der Waals surface area (Å²) in [5.74, 6) is -1.09. The monoisotopic (exact) mass is 415 g/mol. The van der Waals surface area contributed by atoms with E-state index >= 15 is 0 Å². The second-order valence-electron chi connectivity index (χ2n) is 7.23. The smallest absolute Gasteiger partial charge is 0.306 e. The molecule has 0 bridgehead atoms. The maximum absolute atomic E-state index is 12.4. The Hall–Kier alpha value is -3.73. The Kier molecular flexibility index (Phi) is 7.71. The third-order valence-electron chi connectivity index (χ3n) is 4.91. The number of nitrogens with one attached hydrogen (secondary N) is 1. The minimum Gasteiger partial charge on any atom is -0.456 e. The van der Waals surface area contributed by atoms with Crippen molar-refractivity contribution in [3.05, 3.63) is 96.1 Å². The van der Waals surface area contributed by atoms with E-state index in [9.17, 15) is 14.4 Å². The first-order valence-corrected chi connectivity index (χ1v) is 10.2. The molecule has 1 amide bonds. The molecule has 0 aliphatic rings. The molecule has 3 aromatic rings. The van der Waals surface area contributed by atoms with Gasteiger partial charge < -0.3 is 10.1 Å². The van der Waals surface area contributed by atoms with Crippen molar-refractivity contribution in [1.82, 2.24) is 5.32 Å². The fraction of sp³-hybridized carbons (Fsp3) is 0.192. The molecule has 0 saturated carbocycles. The summed E-state index contributed by atoms with van der Waals surface area (Å²) >= 11 is 0. The van der Waals surface area contributed by atoms with E-state index in [2.05, 4.69) is 5.32 Å². The number of Topliss-reactive ketones (excluding diaryl/α,β-unsaturated/α-hetero) is 1. The molecule has 0 saturated heterocycles. The summed E-state index contributed by atoms with van der Waals surface area (Å²) in [6.07, 6.45) is -0.0354. The van der Waals surface area contributed by atoms with Crippen LogP contribution in [0, 0.1) is 0 Å². The summed E-state index contributed by atoms with van der Waals surface area (Å²) in [4.78, 5) is 36.3. The van der Waals surface area contributed by atoms with Crippen LogP contribution in [0.2, 0.25) is 0 Å². The largest absolute Gasteiger partial charge is 0.456 e. The van der Waals surface area contributed by atoms with E-state index in [1.165, 1.54) is 0 Å². The lowest BCUT2D eigenvalue weighted by molar-refractivity contribution is -0.148. The van der Waals surface area contributed by atoms with Gasteiger partial charge in [-0.2, -0.15) is 0 Å². The minimum absolute atomic E-state index is 0.0333. The Labute approximate surface area is 182 Å². The van der Waals surface area contributed by atoms with Crippen molar-refractivity contribution in [3.63, 3.8) is 0 Å². The first kappa shape index (κ1) is 22.0. The van der Waals surface area contributed by atoms with Crippen molar-refractivity contribution in [2.24, 2.45) is 0 Å². The molecule has 158 valence electrons. The van der Waals surface area contributed by atoms with Crippen molar-refractivity contribution >= 4 is 17.7 Å². The van der Waals surface area contributed by atoms with Crippen molar-refractivity contribution in [1.29, 1.82) is 0 Å². The Morgan fingerprint density at radius 2 is 1.35 bits per heavy atom. The van der Waals surface area contributed by atoms with Crippen LogP contribution in [0.5, 0.6) is 0 Å². The zero-order valence-electron chi connectivity index (χ0n) is 17.4. The van der Waals surface area contributed by atoms with Crippen LogP contribution in [-0.2, 0) is 14.3 Å². The summed E-state index contributed by atoms with van der Waals surface area (Å²) in [5.41, 5.74) is 3.60. The van der Waals surface area contributed by atoms with Gasteiger partial charge in [-0.1, -0.05) is 84.9 Å². The second kappa shape index (κ2) is 10.9. The van der Waals surface area contributed by atoms with E-state index in [1.54, 1.807) is 12.1 Å². The van der Waals surface area contributed by atoms with Gasteiger partial charge >= 0.3 is 5.97 Å². The van der Waals surface area contributed by atoms with Gasteiger partial charge in [0.15, 0.2) is 12.4 Å². The third-order valence-corrected chi connectivity index (χ3v) is 4.91. The quantitative estimate of drug-likeness (QED) is 0.405. The van der Waals surface area contributed by atoms with E-state index in [1.807, 2.05) is 79.7 Å². The van der Waals surface area contributed by atoms with Crippen molar-refractivity contribution in [2.75, 3.05) is 6.61 Å². The summed E-state index contributed by atoms with van der Waals surface area (Å²) in [5, 5.41) is 2.78. The van der Waals surface area contributed by atoms with Gasteiger partial charge in [0, 0.05) is 12.0 Å². The molecule has 0 aliphatic heterocycles. The molecule has 0 radical (unpaired) electrons. The highest BCUT2D eigenvalue weighted by atomic mass is 16.5. The van der Waals surface area contributed by atoms with Gasteiger partial charge in [0.1, 0.15) is 0 Å². The van der Waals surface area contributed by atoms with Crippen LogP contribution in [-0.4, -0.2) is 24.3 Å². The highest BCUT2D eigenvalue weighted by Crippen LogP contribution is 2.20. The molecule has 3 aromatic carbocycles. The number of ketones is 1. The predicted octanol–water partition coefficient (Wildman–Crippen LogP) is 4.74. The van der Waals surface area contributed by atoms with E-state index in [4.69, 9.17) is 4.74 Å². The Morgan fingerprint density at radius 3 is 2.00 bits per heavy atom. The number of rotatable bonds is 9. The van der Waals surface area contributed by atoms with Crippen molar-refractivity contribution in [2.45, 2.75) is 25.8 Å². The van der Waals surface area contributed by atoms with Crippen LogP contribution in [0.4, 0.5) is 0 Å². The molecule has 0 heterocycles. The molecular formula is C26H25NO4. The molecule has 1 N–H and O–H groups in total. The first-order valence-electron chi connectivity index (χ1n) is 10.2. The van der Waals surface area contributed by atoms with Gasteiger partial charge in [0.25, 0.3) is 5.91 Å². The van der Waals surface area contributed by atoms with Crippen LogP contribution in [0.15, 0.2) is 84.9 Å². The minimum atomic E-state index is -0.572. The summed E-state index contributed by atoms with van der Waals surface area (Å²) in [7, 11) is 0. The number of ether oxygens (including phenoxy) is 1. The Balaban J connectivity index is 1.41. The summed E-state index contributed by atoms with van der Waals surface area (Å²) in [6.45, 7) is 1.49. The molecule has 1 atom stereocenters. The molecule has 0 aromatic heterocycles. The maximum Gasteiger partial charge on any atom is 0.306 e. The van der Waals surface area contributed by atoms with E-state index in [-0.39, 0.29) is 37.2 Å². The van der Waals surface area contributed by atoms with Crippen molar-refractivity contribution in [3.8, 4) is 11.1 Å². The van der Waals surface area contributed by atoms with Crippen LogP contribution < -0.4 is 5.32 Å². The normalized spacial score (nSPS) is 11.4. The highest BCUT2D eigenvalue weighted by molar-refractivity contribution is 5.98. The maximum atomic E-state index is 12.4. The predicted molar refractivity (Wildman–Crippen MR) is 119 cm³/mol. The van der Waals surface area contributed by atoms with E-state index in [0.29, 0.717) is 5.56 Å². The molecule has 0 aliphatic carbocycles. The fourth-order valence-electron chi connectivity index (χ4n) is 3.17. The molecule has 0 spiro atoms. The molecular weight excluding hydrogens is 390 g/mol. The number of hydrogen-bond donors (Lipinski definition) is 1. The van der Waals surface area contributed by atoms with Crippen LogP contribution in [0.1, 0.15) is 41.7 Å². The zero-order valence-corrected chi connectivity index (χ0v) is 17.4. The molecule has 31 heavy (non-hydrogen) atoms.